The van der Waals surface area contributed by atoms with Crippen molar-refractivity contribution in [2.24, 2.45) is 5.92 Å². The Morgan fingerprint density at radius 1 is 1.23 bits per heavy atom. The molecule has 0 aromatic rings. The lowest BCUT2D eigenvalue weighted by Crippen LogP contribution is -2.38. The van der Waals surface area contributed by atoms with Crippen LogP contribution in [0.25, 0.3) is 0 Å². The highest BCUT2D eigenvalue weighted by molar-refractivity contribution is 4.89. The Bertz CT molecular complexity index is 131. The average Bonchev–Trinajstić information content (AvgIpc) is 1.85. The molecule has 13 heavy (non-hydrogen) atoms. The molecule has 0 aliphatic rings. The van der Waals surface area contributed by atoms with E-state index >= 15 is 0 Å². The maximum absolute atomic E-state index is 3.92. The first-order valence-corrected chi connectivity index (χ1v) is 5.26. The first-order chi connectivity index (χ1) is 5.81. The highest BCUT2D eigenvalue weighted by atomic mass is 15.3. The van der Waals surface area contributed by atoms with Gasteiger partial charge in [0, 0.05) is 5.92 Å². The molecule has 80 valence electrons. The van der Waals surface area contributed by atoms with Crippen LogP contribution in [-0.2, 0) is 0 Å². The molecular formula is C12H28N+. The van der Waals surface area contributed by atoms with Crippen LogP contribution in [0.4, 0.5) is 0 Å². The van der Waals surface area contributed by atoms with Gasteiger partial charge in [-0.15, -0.1) is 6.58 Å². The molecule has 0 N–H and O–H groups in total. The number of hydrogen-bond donors (Lipinski definition) is 0. The Morgan fingerprint density at radius 2 is 1.62 bits per heavy atom. The second kappa shape index (κ2) is 7.14. The topological polar surface area (TPSA) is 0 Å². The molecule has 0 radical (unpaired) electrons. The van der Waals surface area contributed by atoms with E-state index in [9.17, 15) is 0 Å². The first kappa shape index (κ1) is 15.2. The van der Waals surface area contributed by atoms with Crippen molar-refractivity contribution in [3.05, 3.63) is 12.2 Å². The van der Waals surface area contributed by atoms with Gasteiger partial charge in [-0.3, -0.25) is 0 Å². The molecule has 1 nitrogen and oxygen atoms in total. The van der Waals surface area contributed by atoms with Crippen LogP contribution in [0.2, 0.25) is 0 Å². The summed E-state index contributed by atoms with van der Waals surface area (Å²) in [5.41, 5.74) is 1.30. The van der Waals surface area contributed by atoms with Crippen molar-refractivity contribution in [3.8, 4) is 0 Å². The number of quaternary nitrogens is 1. The molecule has 0 saturated carbocycles. The molecule has 1 heteroatoms. The van der Waals surface area contributed by atoms with E-state index < -0.39 is 0 Å². The molecule has 1 atom stereocenters. The molecule has 1 unspecified atom stereocenters. The number of hydrogen-bond acceptors (Lipinski definition) is 0. The van der Waals surface area contributed by atoms with Gasteiger partial charge in [0.2, 0.25) is 0 Å². The lowest BCUT2D eigenvalue weighted by Gasteiger charge is -2.27. The van der Waals surface area contributed by atoms with Crippen molar-refractivity contribution in [1.29, 1.82) is 0 Å². The van der Waals surface area contributed by atoms with E-state index in [1.807, 2.05) is 13.8 Å². The number of rotatable bonds is 4. The third kappa shape index (κ3) is 14.5. The summed E-state index contributed by atoms with van der Waals surface area (Å²) in [5.74, 6) is 0.757. The third-order valence-corrected chi connectivity index (χ3v) is 1.56. The zero-order valence-electron chi connectivity index (χ0n) is 10.6. The minimum absolute atomic E-state index is 0.757. The Morgan fingerprint density at radius 3 is 1.85 bits per heavy atom. The van der Waals surface area contributed by atoms with E-state index in [1.54, 1.807) is 0 Å². The monoisotopic (exact) mass is 186 g/mol. The highest BCUT2D eigenvalue weighted by Crippen LogP contribution is 2.11. The van der Waals surface area contributed by atoms with Crippen molar-refractivity contribution in [3.63, 3.8) is 0 Å². The van der Waals surface area contributed by atoms with Crippen LogP contribution in [0.15, 0.2) is 12.2 Å². The minimum atomic E-state index is 0.757. The molecule has 0 aromatic carbocycles. The summed E-state index contributed by atoms with van der Waals surface area (Å²) in [6, 6.07) is 0. The van der Waals surface area contributed by atoms with Crippen LogP contribution < -0.4 is 0 Å². The van der Waals surface area contributed by atoms with E-state index in [1.165, 1.54) is 12.1 Å². The normalized spacial score (nSPS) is 12.8. The zero-order chi connectivity index (χ0) is 11.1. The van der Waals surface area contributed by atoms with Crippen LogP contribution in [-0.4, -0.2) is 32.2 Å². The molecule has 0 aliphatic carbocycles. The summed E-state index contributed by atoms with van der Waals surface area (Å²) in [7, 11) is 6.69. The van der Waals surface area contributed by atoms with Crippen LogP contribution in [0.1, 0.15) is 34.1 Å². The molecule has 0 saturated heterocycles. The average molecular weight is 186 g/mol. The summed E-state index contributed by atoms with van der Waals surface area (Å²) in [6.07, 6.45) is 1.16. The van der Waals surface area contributed by atoms with Gasteiger partial charge in [0.15, 0.2) is 0 Å². The Kier molecular flexibility index (Phi) is 8.34. The van der Waals surface area contributed by atoms with Gasteiger partial charge in [-0.1, -0.05) is 26.3 Å². The van der Waals surface area contributed by atoms with Gasteiger partial charge in [0.05, 0.1) is 27.7 Å². The summed E-state index contributed by atoms with van der Waals surface area (Å²) >= 11 is 0. The van der Waals surface area contributed by atoms with Crippen LogP contribution in [0, 0.1) is 5.92 Å². The van der Waals surface area contributed by atoms with E-state index in [0.29, 0.717) is 0 Å². The second-order valence-electron chi connectivity index (χ2n) is 4.74. The third-order valence-electron chi connectivity index (χ3n) is 1.56. The van der Waals surface area contributed by atoms with E-state index in [2.05, 4.69) is 41.6 Å². The molecule has 0 spiro atoms. The molecular weight excluding hydrogens is 158 g/mol. The number of allylic oxidation sites excluding steroid dienone is 1. The van der Waals surface area contributed by atoms with Crippen LogP contribution in [0.5, 0.6) is 0 Å². The van der Waals surface area contributed by atoms with Crippen molar-refractivity contribution in [1.82, 2.24) is 0 Å². The predicted octanol–water partition coefficient (Wildman–Crippen LogP) is 3.32. The fourth-order valence-electron chi connectivity index (χ4n) is 1.59. The van der Waals surface area contributed by atoms with Crippen molar-refractivity contribution in [2.75, 3.05) is 27.7 Å². The Labute approximate surface area is 85.0 Å². The van der Waals surface area contributed by atoms with Gasteiger partial charge in [-0.05, 0) is 13.3 Å². The molecule has 0 bridgehead atoms. The molecule has 0 amide bonds. The quantitative estimate of drug-likeness (QED) is 0.467. The Hall–Kier alpha value is -0.300. The predicted molar refractivity (Wildman–Crippen MR) is 62.8 cm³/mol. The van der Waals surface area contributed by atoms with Crippen molar-refractivity contribution >= 4 is 0 Å². The Balaban J connectivity index is 0. The smallest absolute Gasteiger partial charge is 0.0809 e. The van der Waals surface area contributed by atoms with Crippen LogP contribution in [0.3, 0.4) is 0 Å². The standard InChI is InChI=1S/C10H22N.C2H6/c1-9(2)7-10(3)8-11(4,5)6;1-2/h10H,1,7-8H2,2-6H3;1-2H3/q+1;. The van der Waals surface area contributed by atoms with Crippen molar-refractivity contribution in [2.45, 2.75) is 34.1 Å². The largest absolute Gasteiger partial charge is 0.331 e. The van der Waals surface area contributed by atoms with Crippen LogP contribution >= 0.6 is 0 Å². The zero-order valence-corrected chi connectivity index (χ0v) is 10.6. The van der Waals surface area contributed by atoms with Gasteiger partial charge in [-0.25, -0.2) is 0 Å². The van der Waals surface area contributed by atoms with E-state index in [0.717, 1.165) is 16.8 Å². The van der Waals surface area contributed by atoms with Gasteiger partial charge in [0.1, 0.15) is 0 Å². The first-order valence-electron chi connectivity index (χ1n) is 5.26. The molecule has 0 aliphatic heterocycles. The maximum atomic E-state index is 3.92. The summed E-state index contributed by atoms with van der Waals surface area (Å²) < 4.78 is 1.05. The van der Waals surface area contributed by atoms with E-state index in [-0.39, 0.29) is 0 Å². The second-order valence-corrected chi connectivity index (χ2v) is 4.74. The lowest BCUT2D eigenvalue weighted by atomic mass is 10.0. The fraction of sp³-hybridized carbons (Fsp3) is 0.833. The molecule has 0 fully saturated rings. The van der Waals surface area contributed by atoms with Crippen molar-refractivity contribution < 1.29 is 4.48 Å². The SMILES string of the molecule is C=C(C)CC(C)C[N+](C)(C)C.CC. The summed E-state index contributed by atoms with van der Waals surface area (Å²) in [4.78, 5) is 0. The van der Waals surface area contributed by atoms with Gasteiger partial charge in [-0.2, -0.15) is 0 Å². The number of nitrogens with zero attached hydrogens (tertiary/aromatic N) is 1. The minimum Gasteiger partial charge on any atom is -0.331 e. The lowest BCUT2D eigenvalue weighted by molar-refractivity contribution is -0.873. The maximum Gasteiger partial charge on any atom is 0.0809 e. The fourth-order valence-corrected chi connectivity index (χ4v) is 1.59. The van der Waals surface area contributed by atoms with E-state index in [4.69, 9.17) is 0 Å². The molecule has 0 aromatic heterocycles. The highest BCUT2D eigenvalue weighted by Gasteiger charge is 2.12. The van der Waals surface area contributed by atoms with Gasteiger partial charge < -0.3 is 4.48 Å². The summed E-state index contributed by atoms with van der Waals surface area (Å²) in [5, 5.41) is 0. The summed E-state index contributed by atoms with van der Waals surface area (Å²) in [6.45, 7) is 13.5. The molecule has 0 heterocycles. The van der Waals surface area contributed by atoms with Gasteiger partial charge in [0.25, 0.3) is 0 Å². The van der Waals surface area contributed by atoms with Gasteiger partial charge >= 0.3 is 0 Å². The molecule has 0 rings (SSSR count).